The standard InChI is InChI=1S/C20H16N2O4S/c21-19(23)15-8-11-17(20(22)24)18(12-15)27(25,26)16-9-6-14(7-10-16)13-4-2-1-3-5-13/h1-12H,(H2,21,23)(H2,22,24). The lowest BCUT2D eigenvalue weighted by atomic mass is 10.1. The molecule has 0 aliphatic carbocycles. The molecule has 2 amide bonds. The van der Waals surface area contributed by atoms with Gasteiger partial charge in [-0.3, -0.25) is 9.59 Å². The van der Waals surface area contributed by atoms with Gasteiger partial charge in [-0.25, -0.2) is 8.42 Å². The molecule has 0 radical (unpaired) electrons. The molecule has 0 atom stereocenters. The molecule has 0 saturated heterocycles. The first-order valence-corrected chi connectivity index (χ1v) is 9.43. The van der Waals surface area contributed by atoms with Crippen LogP contribution in [0.3, 0.4) is 0 Å². The number of primary amides is 2. The van der Waals surface area contributed by atoms with Gasteiger partial charge in [-0.2, -0.15) is 0 Å². The first-order chi connectivity index (χ1) is 12.8. The van der Waals surface area contributed by atoms with Gasteiger partial charge in [-0.15, -0.1) is 0 Å². The van der Waals surface area contributed by atoms with Crippen molar-refractivity contribution in [3.05, 3.63) is 83.9 Å². The molecule has 0 saturated carbocycles. The van der Waals surface area contributed by atoms with Crippen molar-refractivity contribution in [2.24, 2.45) is 11.5 Å². The fourth-order valence-corrected chi connectivity index (χ4v) is 4.17. The molecule has 0 heterocycles. The third kappa shape index (κ3) is 3.58. The van der Waals surface area contributed by atoms with Crippen LogP contribution >= 0.6 is 0 Å². The molecule has 136 valence electrons. The number of rotatable bonds is 5. The number of benzene rings is 3. The maximum atomic E-state index is 13.0. The van der Waals surface area contributed by atoms with Crippen LogP contribution in [-0.4, -0.2) is 20.2 Å². The molecule has 0 spiro atoms. The van der Waals surface area contributed by atoms with Crippen molar-refractivity contribution in [3.63, 3.8) is 0 Å². The average Bonchev–Trinajstić information content (AvgIpc) is 2.68. The molecular formula is C20H16N2O4S. The summed E-state index contributed by atoms with van der Waals surface area (Å²) in [4.78, 5) is 22.7. The van der Waals surface area contributed by atoms with Gasteiger partial charge in [0.2, 0.25) is 21.7 Å². The van der Waals surface area contributed by atoms with E-state index in [-0.39, 0.29) is 20.9 Å². The van der Waals surface area contributed by atoms with E-state index in [1.54, 1.807) is 12.1 Å². The van der Waals surface area contributed by atoms with Crippen molar-refractivity contribution >= 4 is 21.7 Å². The Morgan fingerprint density at radius 3 is 1.85 bits per heavy atom. The second-order valence-corrected chi connectivity index (χ2v) is 7.75. The average molecular weight is 380 g/mol. The highest BCUT2D eigenvalue weighted by Crippen LogP contribution is 2.27. The van der Waals surface area contributed by atoms with E-state index in [4.69, 9.17) is 11.5 Å². The number of sulfone groups is 1. The van der Waals surface area contributed by atoms with Gasteiger partial charge >= 0.3 is 0 Å². The van der Waals surface area contributed by atoms with Gasteiger partial charge in [0.05, 0.1) is 15.4 Å². The Morgan fingerprint density at radius 2 is 1.30 bits per heavy atom. The Morgan fingerprint density at radius 1 is 0.704 bits per heavy atom. The van der Waals surface area contributed by atoms with Crippen molar-refractivity contribution in [2.45, 2.75) is 9.79 Å². The lowest BCUT2D eigenvalue weighted by Gasteiger charge is -2.11. The summed E-state index contributed by atoms with van der Waals surface area (Å²) < 4.78 is 26.0. The molecule has 4 N–H and O–H groups in total. The van der Waals surface area contributed by atoms with Crippen molar-refractivity contribution < 1.29 is 18.0 Å². The minimum absolute atomic E-state index is 0.0219. The quantitative estimate of drug-likeness (QED) is 0.706. The van der Waals surface area contributed by atoms with E-state index < -0.39 is 21.7 Å². The molecule has 0 aliphatic heterocycles. The van der Waals surface area contributed by atoms with Gasteiger partial charge < -0.3 is 11.5 Å². The van der Waals surface area contributed by atoms with Crippen LogP contribution < -0.4 is 11.5 Å². The molecule has 3 aromatic rings. The van der Waals surface area contributed by atoms with Crippen LogP contribution in [0.25, 0.3) is 11.1 Å². The maximum Gasteiger partial charge on any atom is 0.250 e. The zero-order chi connectivity index (χ0) is 19.6. The lowest BCUT2D eigenvalue weighted by molar-refractivity contribution is 0.0986. The maximum absolute atomic E-state index is 13.0. The fraction of sp³-hybridized carbons (Fsp3) is 0. The van der Waals surface area contributed by atoms with Crippen LogP contribution in [0, 0.1) is 0 Å². The minimum atomic E-state index is -4.08. The van der Waals surface area contributed by atoms with Gasteiger partial charge in [0.15, 0.2) is 0 Å². The van der Waals surface area contributed by atoms with E-state index in [0.717, 1.165) is 17.2 Å². The number of hydrogen-bond donors (Lipinski definition) is 2. The summed E-state index contributed by atoms with van der Waals surface area (Å²) in [6.45, 7) is 0. The Balaban J connectivity index is 2.10. The lowest BCUT2D eigenvalue weighted by Crippen LogP contribution is -2.19. The van der Waals surface area contributed by atoms with Gasteiger partial charge in [-0.05, 0) is 41.5 Å². The molecule has 3 rings (SSSR count). The fourth-order valence-electron chi connectivity index (χ4n) is 2.69. The van der Waals surface area contributed by atoms with Crippen LogP contribution in [0.2, 0.25) is 0 Å². The summed E-state index contributed by atoms with van der Waals surface area (Å²) in [5, 5.41) is 0. The third-order valence-corrected chi connectivity index (χ3v) is 5.90. The molecule has 0 unspecified atom stereocenters. The van der Waals surface area contributed by atoms with Crippen molar-refractivity contribution in [3.8, 4) is 11.1 Å². The van der Waals surface area contributed by atoms with Crippen LogP contribution in [0.1, 0.15) is 20.7 Å². The first kappa shape index (κ1) is 18.3. The molecule has 3 aromatic carbocycles. The molecule has 7 heteroatoms. The Labute approximate surface area is 156 Å². The molecule has 6 nitrogen and oxygen atoms in total. The van der Waals surface area contributed by atoms with E-state index in [2.05, 4.69) is 0 Å². The first-order valence-electron chi connectivity index (χ1n) is 7.95. The zero-order valence-corrected chi connectivity index (χ0v) is 14.9. The monoisotopic (exact) mass is 380 g/mol. The van der Waals surface area contributed by atoms with E-state index in [0.29, 0.717) is 0 Å². The van der Waals surface area contributed by atoms with Crippen molar-refractivity contribution in [1.82, 2.24) is 0 Å². The van der Waals surface area contributed by atoms with Gasteiger partial charge in [-0.1, -0.05) is 42.5 Å². The number of amides is 2. The van der Waals surface area contributed by atoms with E-state index in [9.17, 15) is 18.0 Å². The topological polar surface area (TPSA) is 120 Å². The van der Waals surface area contributed by atoms with E-state index in [1.807, 2.05) is 30.3 Å². The predicted octanol–water partition coefficient (Wildman–Crippen LogP) is 2.38. The molecule has 27 heavy (non-hydrogen) atoms. The van der Waals surface area contributed by atoms with Crippen molar-refractivity contribution in [1.29, 1.82) is 0 Å². The second-order valence-electron chi connectivity index (χ2n) is 5.83. The van der Waals surface area contributed by atoms with Gasteiger partial charge in [0, 0.05) is 5.56 Å². The largest absolute Gasteiger partial charge is 0.366 e. The summed E-state index contributed by atoms with van der Waals surface area (Å²) in [5.41, 5.74) is 12.1. The summed E-state index contributed by atoms with van der Waals surface area (Å²) in [6, 6.07) is 19.2. The highest BCUT2D eigenvalue weighted by atomic mass is 32.2. The highest BCUT2D eigenvalue weighted by molar-refractivity contribution is 7.91. The van der Waals surface area contributed by atoms with E-state index in [1.165, 1.54) is 24.3 Å². The SMILES string of the molecule is NC(=O)c1ccc(C(N)=O)c(S(=O)(=O)c2ccc(-c3ccccc3)cc2)c1. The van der Waals surface area contributed by atoms with E-state index >= 15 is 0 Å². The summed E-state index contributed by atoms with van der Waals surface area (Å²) in [6.07, 6.45) is 0. The number of nitrogens with two attached hydrogens (primary N) is 2. The van der Waals surface area contributed by atoms with Gasteiger partial charge in [0.1, 0.15) is 0 Å². The third-order valence-electron chi connectivity index (χ3n) is 4.09. The number of carbonyl (C=O) groups excluding carboxylic acids is 2. The minimum Gasteiger partial charge on any atom is -0.366 e. The number of carbonyl (C=O) groups is 2. The summed E-state index contributed by atoms with van der Waals surface area (Å²) in [5.74, 6) is -1.72. The molecule has 0 aromatic heterocycles. The summed E-state index contributed by atoms with van der Waals surface area (Å²) in [7, 11) is -4.08. The molecular weight excluding hydrogens is 364 g/mol. The highest BCUT2D eigenvalue weighted by Gasteiger charge is 2.25. The Hall–Kier alpha value is -3.45. The molecule has 0 bridgehead atoms. The van der Waals surface area contributed by atoms with Crippen LogP contribution in [0.5, 0.6) is 0 Å². The second kappa shape index (κ2) is 7.05. The van der Waals surface area contributed by atoms with Crippen molar-refractivity contribution in [2.75, 3.05) is 0 Å². The van der Waals surface area contributed by atoms with Crippen LogP contribution in [0.15, 0.2) is 82.6 Å². The predicted molar refractivity (Wildman–Crippen MR) is 101 cm³/mol. The van der Waals surface area contributed by atoms with Gasteiger partial charge in [0.25, 0.3) is 0 Å². The Bertz CT molecular complexity index is 1120. The van der Waals surface area contributed by atoms with Crippen LogP contribution in [0.4, 0.5) is 0 Å². The van der Waals surface area contributed by atoms with Crippen LogP contribution in [-0.2, 0) is 9.84 Å². The Kier molecular flexibility index (Phi) is 4.79. The number of hydrogen-bond acceptors (Lipinski definition) is 4. The smallest absolute Gasteiger partial charge is 0.250 e. The normalized spacial score (nSPS) is 11.1. The molecule has 0 fully saturated rings. The summed E-state index contributed by atoms with van der Waals surface area (Å²) >= 11 is 0. The molecule has 0 aliphatic rings. The zero-order valence-electron chi connectivity index (χ0n) is 14.1.